The molecule has 4 rings (SSSR count). The van der Waals surface area contributed by atoms with Gasteiger partial charge in [-0.1, -0.05) is 54.1 Å². The highest BCUT2D eigenvalue weighted by atomic mass is 35.5. The molecule has 3 aromatic rings. The number of piperidine rings is 1. The van der Waals surface area contributed by atoms with Crippen molar-refractivity contribution < 1.29 is 32.6 Å². The molecule has 0 radical (unpaired) electrons. The number of urea groups is 1. The van der Waals surface area contributed by atoms with Crippen molar-refractivity contribution in [3.05, 3.63) is 95.0 Å². The van der Waals surface area contributed by atoms with Gasteiger partial charge in [0.05, 0.1) is 7.11 Å². The van der Waals surface area contributed by atoms with Crippen LogP contribution in [0.1, 0.15) is 30.4 Å². The lowest BCUT2D eigenvalue weighted by atomic mass is 9.90. The van der Waals surface area contributed by atoms with E-state index in [1.165, 1.54) is 24.8 Å². The number of halogens is 4. The fourth-order valence-corrected chi connectivity index (χ4v) is 4.91. The first-order valence-corrected chi connectivity index (χ1v) is 14.4. The van der Waals surface area contributed by atoms with Crippen LogP contribution in [-0.4, -0.2) is 66.4 Å². The Balaban J connectivity index is 0.000000646. The SMILES string of the molecule is COc1ccc(CN(CCCN2CCC(Cc3ccccc3)CC2)C(=O)Nc2ccc(Cl)cc2)cc1.O=C(O)C(F)(F)F. The standard InChI is InChI=1S/C30H36ClN3O2.C2HF3O2/c1-36-29-14-8-26(9-15-29)23-34(30(35)32-28-12-10-27(31)11-13-28)19-5-18-33-20-16-25(17-21-33)22-24-6-3-2-4-7-24;3-2(4,5)1(6)7/h2-4,6-15,25H,5,16-23H2,1H3,(H,32,35);(H,6,7). The van der Waals surface area contributed by atoms with Gasteiger partial charge in [0.1, 0.15) is 5.75 Å². The Bertz CT molecular complexity index is 1270. The van der Waals surface area contributed by atoms with Crippen LogP contribution >= 0.6 is 11.6 Å². The lowest BCUT2D eigenvalue weighted by Gasteiger charge is -2.32. The predicted molar refractivity (Wildman–Crippen MR) is 161 cm³/mol. The van der Waals surface area contributed by atoms with Crippen molar-refractivity contribution in [2.45, 2.75) is 38.4 Å². The van der Waals surface area contributed by atoms with Crippen molar-refractivity contribution in [1.82, 2.24) is 9.80 Å². The second-order valence-electron chi connectivity index (χ2n) is 10.3. The highest BCUT2D eigenvalue weighted by molar-refractivity contribution is 6.30. The monoisotopic (exact) mass is 619 g/mol. The second-order valence-corrected chi connectivity index (χ2v) is 10.8. The van der Waals surface area contributed by atoms with Gasteiger partial charge in [0, 0.05) is 23.8 Å². The molecule has 1 fully saturated rings. The molecule has 1 aliphatic rings. The molecule has 3 aromatic carbocycles. The summed E-state index contributed by atoms with van der Waals surface area (Å²) in [6, 6.07) is 25.8. The first kappa shape index (κ1) is 33.7. The Morgan fingerprint density at radius 2 is 1.58 bits per heavy atom. The number of carboxylic acids is 1. The number of nitrogens with zero attached hydrogens (tertiary/aromatic N) is 2. The minimum absolute atomic E-state index is 0.102. The summed E-state index contributed by atoms with van der Waals surface area (Å²) in [5, 5.41) is 10.8. The highest BCUT2D eigenvalue weighted by Crippen LogP contribution is 2.22. The molecule has 0 aliphatic carbocycles. The van der Waals surface area contributed by atoms with Crippen LogP contribution < -0.4 is 10.1 Å². The third-order valence-electron chi connectivity index (χ3n) is 7.13. The average molecular weight is 620 g/mol. The Morgan fingerprint density at radius 1 is 0.977 bits per heavy atom. The van der Waals surface area contributed by atoms with E-state index >= 15 is 0 Å². The number of rotatable bonds is 10. The maximum Gasteiger partial charge on any atom is 0.490 e. The number of hydrogen-bond acceptors (Lipinski definition) is 4. The Labute approximate surface area is 255 Å². The van der Waals surface area contributed by atoms with Gasteiger partial charge in [0.2, 0.25) is 0 Å². The minimum atomic E-state index is -5.08. The molecule has 0 aromatic heterocycles. The van der Waals surface area contributed by atoms with E-state index in [0.29, 0.717) is 18.1 Å². The van der Waals surface area contributed by atoms with Crippen LogP contribution in [0.25, 0.3) is 0 Å². The zero-order valence-electron chi connectivity index (χ0n) is 24.0. The normalized spacial score (nSPS) is 13.9. The van der Waals surface area contributed by atoms with Gasteiger partial charge in [-0.15, -0.1) is 0 Å². The van der Waals surface area contributed by atoms with Crippen molar-refractivity contribution in [3.8, 4) is 5.75 Å². The largest absolute Gasteiger partial charge is 0.497 e. The summed E-state index contributed by atoms with van der Waals surface area (Å²) in [7, 11) is 1.66. The molecular formula is C32H37ClF3N3O4. The number of hydrogen-bond donors (Lipinski definition) is 2. The van der Waals surface area contributed by atoms with Crippen molar-refractivity contribution >= 4 is 29.3 Å². The molecule has 11 heteroatoms. The first-order valence-electron chi connectivity index (χ1n) is 14.0. The lowest BCUT2D eigenvalue weighted by molar-refractivity contribution is -0.192. The summed E-state index contributed by atoms with van der Waals surface area (Å²) in [6.07, 6.45) is -0.494. The highest BCUT2D eigenvalue weighted by Gasteiger charge is 2.38. The van der Waals surface area contributed by atoms with E-state index in [2.05, 4.69) is 40.5 Å². The Kier molecular flexibility index (Phi) is 13.2. The van der Waals surface area contributed by atoms with Crippen LogP contribution in [0.5, 0.6) is 5.75 Å². The molecular weight excluding hydrogens is 583 g/mol. The van der Waals surface area contributed by atoms with Gasteiger partial charge < -0.3 is 25.0 Å². The lowest BCUT2D eigenvalue weighted by Crippen LogP contribution is -2.39. The molecule has 0 unspecified atom stereocenters. The number of nitrogens with one attached hydrogen (secondary N) is 1. The number of methoxy groups -OCH3 is 1. The molecule has 0 spiro atoms. The summed E-state index contributed by atoms with van der Waals surface area (Å²) < 4.78 is 37.0. The molecule has 1 heterocycles. The zero-order chi connectivity index (χ0) is 31.2. The summed E-state index contributed by atoms with van der Waals surface area (Å²) in [5.74, 6) is -1.18. The zero-order valence-corrected chi connectivity index (χ0v) is 24.8. The quantitative estimate of drug-likeness (QED) is 0.248. The molecule has 2 amide bonds. The number of aliphatic carboxylic acids is 1. The van der Waals surface area contributed by atoms with Gasteiger partial charge in [-0.25, -0.2) is 9.59 Å². The van der Waals surface area contributed by atoms with Crippen molar-refractivity contribution in [2.24, 2.45) is 5.92 Å². The number of alkyl halides is 3. The first-order chi connectivity index (χ1) is 20.5. The summed E-state index contributed by atoms with van der Waals surface area (Å²) in [5.41, 5.74) is 3.25. The molecule has 232 valence electrons. The molecule has 1 aliphatic heterocycles. The van der Waals surface area contributed by atoms with E-state index in [1.807, 2.05) is 41.3 Å². The third kappa shape index (κ3) is 12.2. The van der Waals surface area contributed by atoms with E-state index in [0.717, 1.165) is 49.0 Å². The second kappa shape index (κ2) is 16.8. The summed E-state index contributed by atoms with van der Waals surface area (Å²) in [4.78, 5) is 26.5. The topological polar surface area (TPSA) is 82.1 Å². The molecule has 0 atom stereocenters. The fourth-order valence-electron chi connectivity index (χ4n) is 4.79. The Hall–Kier alpha value is -3.76. The van der Waals surface area contributed by atoms with Crippen LogP contribution in [0.15, 0.2) is 78.9 Å². The minimum Gasteiger partial charge on any atom is -0.497 e. The predicted octanol–water partition coefficient (Wildman–Crippen LogP) is 7.36. The number of benzene rings is 3. The van der Waals surface area contributed by atoms with E-state index in [1.54, 1.807) is 19.2 Å². The van der Waals surface area contributed by atoms with Crippen LogP contribution in [-0.2, 0) is 17.8 Å². The maximum absolute atomic E-state index is 13.2. The molecule has 0 bridgehead atoms. The van der Waals surface area contributed by atoms with Crippen molar-refractivity contribution in [2.75, 3.05) is 38.6 Å². The smallest absolute Gasteiger partial charge is 0.490 e. The van der Waals surface area contributed by atoms with E-state index in [4.69, 9.17) is 26.2 Å². The molecule has 43 heavy (non-hydrogen) atoms. The van der Waals surface area contributed by atoms with Crippen LogP contribution in [0.2, 0.25) is 5.02 Å². The number of amides is 2. The summed E-state index contributed by atoms with van der Waals surface area (Å²) in [6.45, 7) is 4.50. The van der Waals surface area contributed by atoms with Gasteiger partial charge in [0.15, 0.2) is 0 Å². The molecule has 1 saturated heterocycles. The number of carbonyl (C=O) groups is 2. The summed E-state index contributed by atoms with van der Waals surface area (Å²) >= 11 is 6.00. The van der Waals surface area contributed by atoms with E-state index in [-0.39, 0.29) is 6.03 Å². The molecule has 2 N–H and O–H groups in total. The number of likely N-dealkylation sites (tertiary alicyclic amines) is 1. The van der Waals surface area contributed by atoms with Gasteiger partial charge >= 0.3 is 18.2 Å². The van der Waals surface area contributed by atoms with Gasteiger partial charge in [-0.2, -0.15) is 13.2 Å². The third-order valence-corrected chi connectivity index (χ3v) is 7.39. The number of ether oxygens (including phenoxy) is 1. The van der Waals surface area contributed by atoms with E-state index < -0.39 is 12.1 Å². The van der Waals surface area contributed by atoms with Gasteiger partial charge in [0.25, 0.3) is 0 Å². The van der Waals surface area contributed by atoms with Crippen LogP contribution in [0, 0.1) is 5.92 Å². The number of anilines is 1. The van der Waals surface area contributed by atoms with Gasteiger partial charge in [-0.3, -0.25) is 0 Å². The Morgan fingerprint density at radius 3 is 2.14 bits per heavy atom. The fraction of sp³-hybridized carbons (Fsp3) is 0.375. The van der Waals surface area contributed by atoms with E-state index in [9.17, 15) is 18.0 Å². The average Bonchev–Trinajstić information content (AvgIpc) is 2.99. The van der Waals surface area contributed by atoms with Gasteiger partial charge in [-0.05, 0) is 98.8 Å². The van der Waals surface area contributed by atoms with Crippen molar-refractivity contribution in [1.29, 1.82) is 0 Å². The maximum atomic E-state index is 13.2. The number of carbonyl (C=O) groups excluding carboxylic acids is 1. The molecule has 0 saturated carbocycles. The number of carboxylic acid groups (broad SMARTS) is 1. The van der Waals surface area contributed by atoms with Crippen LogP contribution in [0.3, 0.4) is 0 Å². The molecule has 7 nitrogen and oxygen atoms in total. The van der Waals surface area contributed by atoms with Crippen LogP contribution in [0.4, 0.5) is 23.7 Å². The van der Waals surface area contributed by atoms with Crippen molar-refractivity contribution in [3.63, 3.8) is 0 Å².